The van der Waals surface area contributed by atoms with E-state index in [1.165, 1.54) is 6.21 Å². The topological polar surface area (TPSA) is 118 Å². The third-order valence-electron chi connectivity index (χ3n) is 4.30. The Balaban J connectivity index is 1.85. The highest BCUT2D eigenvalue weighted by molar-refractivity contribution is 9.10. The molecule has 2 aromatic carbocycles. The monoisotopic (exact) mass is 532 g/mol. The Morgan fingerprint density at radius 2 is 1.82 bits per heavy atom. The number of hydrogen-bond acceptors (Lipinski definition) is 6. The van der Waals surface area contributed by atoms with Crippen molar-refractivity contribution in [2.45, 2.75) is 33.3 Å². The predicted molar refractivity (Wildman–Crippen MR) is 134 cm³/mol. The van der Waals surface area contributed by atoms with Crippen molar-refractivity contribution in [3.8, 4) is 5.75 Å². The van der Waals surface area contributed by atoms with Crippen molar-refractivity contribution in [2.75, 3.05) is 25.1 Å². The van der Waals surface area contributed by atoms with Crippen molar-refractivity contribution in [2.24, 2.45) is 5.10 Å². The molecule has 0 unspecified atom stereocenters. The Morgan fingerprint density at radius 3 is 2.53 bits per heavy atom. The number of carbonyl (C=O) groups excluding carboxylic acids is 3. The number of anilines is 1. The molecule has 0 aliphatic heterocycles. The third kappa shape index (κ3) is 10.1. The number of amides is 3. The number of hydrazone groups is 1. The van der Waals surface area contributed by atoms with Gasteiger partial charge in [-0.15, -0.1) is 0 Å². The molecule has 2 aromatic rings. The van der Waals surface area contributed by atoms with Crippen LogP contribution in [0.2, 0.25) is 0 Å². The minimum absolute atomic E-state index is 0.114. The van der Waals surface area contributed by atoms with E-state index in [1.54, 1.807) is 18.2 Å². The quantitative estimate of drug-likeness (QED) is 0.178. The van der Waals surface area contributed by atoms with Crippen LogP contribution in [0.1, 0.15) is 31.4 Å². The molecule has 0 radical (unpaired) electrons. The first kappa shape index (κ1) is 27.0. The van der Waals surface area contributed by atoms with Gasteiger partial charge in [-0.2, -0.15) is 5.10 Å². The lowest BCUT2D eigenvalue weighted by molar-refractivity contribution is -0.139. The molecule has 0 heterocycles. The standard InChI is InChI=1S/C24H29BrN4O5/c1-16(2)33-12-4-11-26-23(31)24(32)29-27-14-18-13-19(25)7-10-21(18)34-15-22(30)28-20-8-5-17(3)6-9-20/h5-10,13-14,16H,4,11-12,15H2,1-3H3,(H,26,31)(H,28,30)(H,29,32)/b27-14-. The summed E-state index contributed by atoms with van der Waals surface area (Å²) in [5, 5.41) is 9.08. The van der Waals surface area contributed by atoms with Crippen molar-refractivity contribution in [1.29, 1.82) is 0 Å². The van der Waals surface area contributed by atoms with E-state index in [0.717, 1.165) is 10.0 Å². The predicted octanol–water partition coefficient (Wildman–Crippen LogP) is 3.16. The lowest BCUT2D eigenvalue weighted by atomic mass is 10.2. The highest BCUT2D eigenvalue weighted by atomic mass is 79.9. The molecule has 9 nitrogen and oxygen atoms in total. The number of benzene rings is 2. The summed E-state index contributed by atoms with van der Waals surface area (Å²) in [5.41, 5.74) is 4.44. The van der Waals surface area contributed by atoms with Crippen LogP contribution in [0.5, 0.6) is 5.75 Å². The molecule has 10 heteroatoms. The summed E-state index contributed by atoms with van der Waals surface area (Å²) in [5.74, 6) is -1.62. The van der Waals surface area contributed by atoms with Crippen LogP contribution in [0.25, 0.3) is 0 Å². The van der Waals surface area contributed by atoms with Crippen LogP contribution >= 0.6 is 15.9 Å². The molecular formula is C24H29BrN4O5. The molecule has 2 rings (SSSR count). The number of hydrogen-bond donors (Lipinski definition) is 3. The first-order valence-corrected chi connectivity index (χ1v) is 11.6. The van der Waals surface area contributed by atoms with E-state index in [0.29, 0.717) is 36.6 Å². The zero-order valence-electron chi connectivity index (χ0n) is 19.4. The zero-order valence-corrected chi connectivity index (χ0v) is 21.0. The second-order valence-corrected chi connectivity index (χ2v) is 8.53. The Labute approximate surface area is 207 Å². The molecule has 0 fully saturated rings. The van der Waals surface area contributed by atoms with Gasteiger partial charge >= 0.3 is 11.8 Å². The maximum atomic E-state index is 12.2. The van der Waals surface area contributed by atoms with Crippen LogP contribution < -0.4 is 20.8 Å². The smallest absolute Gasteiger partial charge is 0.329 e. The van der Waals surface area contributed by atoms with Crippen LogP contribution in [-0.4, -0.2) is 49.8 Å². The highest BCUT2D eigenvalue weighted by Crippen LogP contribution is 2.22. The van der Waals surface area contributed by atoms with Gasteiger partial charge in [0, 0.05) is 28.9 Å². The molecule has 34 heavy (non-hydrogen) atoms. The van der Waals surface area contributed by atoms with Gasteiger partial charge in [-0.3, -0.25) is 14.4 Å². The number of nitrogens with zero attached hydrogens (tertiary/aromatic N) is 1. The van der Waals surface area contributed by atoms with Gasteiger partial charge in [-0.25, -0.2) is 5.43 Å². The SMILES string of the molecule is Cc1ccc(NC(=O)COc2ccc(Br)cc2/C=N\NC(=O)C(=O)NCCCOC(C)C)cc1. The minimum atomic E-state index is -0.893. The lowest BCUT2D eigenvalue weighted by Gasteiger charge is -2.10. The molecule has 0 aliphatic carbocycles. The Morgan fingerprint density at radius 1 is 1.09 bits per heavy atom. The highest BCUT2D eigenvalue weighted by Gasteiger charge is 2.12. The maximum absolute atomic E-state index is 12.2. The summed E-state index contributed by atoms with van der Waals surface area (Å²) in [7, 11) is 0. The fourth-order valence-electron chi connectivity index (χ4n) is 2.61. The van der Waals surface area contributed by atoms with Gasteiger partial charge in [0.05, 0.1) is 12.3 Å². The third-order valence-corrected chi connectivity index (χ3v) is 4.79. The van der Waals surface area contributed by atoms with Crippen LogP contribution in [-0.2, 0) is 19.1 Å². The van der Waals surface area contributed by atoms with E-state index in [-0.39, 0.29) is 18.6 Å². The molecule has 3 N–H and O–H groups in total. The maximum Gasteiger partial charge on any atom is 0.329 e. The summed E-state index contributed by atoms with van der Waals surface area (Å²) < 4.78 is 11.7. The van der Waals surface area contributed by atoms with Crippen molar-refractivity contribution < 1.29 is 23.9 Å². The van der Waals surface area contributed by atoms with Gasteiger partial charge in [-0.05, 0) is 57.5 Å². The van der Waals surface area contributed by atoms with Gasteiger partial charge in [0.1, 0.15) is 5.75 Å². The molecule has 0 aromatic heterocycles. The molecule has 0 bridgehead atoms. The largest absolute Gasteiger partial charge is 0.483 e. The second-order valence-electron chi connectivity index (χ2n) is 7.61. The van der Waals surface area contributed by atoms with Crippen LogP contribution in [0.15, 0.2) is 52.0 Å². The number of aryl methyl sites for hydroxylation is 1. The summed E-state index contributed by atoms with van der Waals surface area (Å²) in [6.45, 7) is 6.40. The van der Waals surface area contributed by atoms with Crippen LogP contribution in [0, 0.1) is 6.92 Å². The summed E-state index contributed by atoms with van der Waals surface area (Å²) in [4.78, 5) is 35.9. The van der Waals surface area contributed by atoms with Gasteiger partial charge in [0.2, 0.25) is 0 Å². The Kier molecular flexibility index (Phi) is 11.2. The second kappa shape index (κ2) is 14.1. The van der Waals surface area contributed by atoms with Gasteiger partial charge < -0.3 is 20.1 Å². The van der Waals surface area contributed by atoms with Gasteiger partial charge in [0.25, 0.3) is 5.91 Å². The van der Waals surface area contributed by atoms with E-state index in [2.05, 4.69) is 37.1 Å². The van der Waals surface area contributed by atoms with E-state index < -0.39 is 11.8 Å². The van der Waals surface area contributed by atoms with Crippen LogP contribution in [0.3, 0.4) is 0 Å². The van der Waals surface area contributed by atoms with Crippen molar-refractivity contribution in [1.82, 2.24) is 10.7 Å². The van der Waals surface area contributed by atoms with E-state index >= 15 is 0 Å². The zero-order chi connectivity index (χ0) is 24.9. The van der Waals surface area contributed by atoms with Crippen molar-refractivity contribution in [3.05, 3.63) is 58.1 Å². The number of rotatable bonds is 11. The van der Waals surface area contributed by atoms with Gasteiger partial charge in [-0.1, -0.05) is 33.6 Å². The molecule has 0 atom stereocenters. The first-order chi connectivity index (χ1) is 16.2. The number of nitrogens with one attached hydrogen (secondary N) is 3. The normalized spacial score (nSPS) is 10.9. The molecule has 0 saturated carbocycles. The Hall–Kier alpha value is -3.24. The molecule has 182 valence electrons. The molecule has 0 spiro atoms. The average Bonchev–Trinajstić information content (AvgIpc) is 2.79. The minimum Gasteiger partial charge on any atom is -0.483 e. The summed E-state index contributed by atoms with van der Waals surface area (Å²) >= 11 is 3.36. The lowest BCUT2D eigenvalue weighted by Crippen LogP contribution is -2.38. The fraction of sp³-hybridized carbons (Fsp3) is 0.333. The van der Waals surface area contributed by atoms with Crippen molar-refractivity contribution >= 4 is 45.6 Å². The summed E-state index contributed by atoms with van der Waals surface area (Å²) in [6, 6.07) is 12.5. The van der Waals surface area contributed by atoms with Crippen LogP contribution in [0.4, 0.5) is 5.69 Å². The average molecular weight is 533 g/mol. The summed E-state index contributed by atoms with van der Waals surface area (Å²) in [6.07, 6.45) is 2.04. The van der Waals surface area contributed by atoms with Gasteiger partial charge in [0.15, 0.2) is 6.61 Å². The van der Waals surface area contributed by atoms with E-state index in [9.17, 15) is 14.4 Å². The first-order valence-electron chi connectivity index (χ1n) is 10.8. The Bertz CT molecular complexity index is 1010. The van der Waals surface area contributed by atoms with E-state index in [1.807, 2.05) is 45.0 Å². The fourth-order valence-corrected chi connectivity index (χ4v) is 2.99. The molecule has 0 aliphatic rings. The van der Waals surface area contributed by atoms with Crippen molar-refractivity contribution in [3.63, 3.8) is 0 Å². The number of halogens is 1. The molecule has 0 saturated heterocycles. The molecule has 3 amide bonds. The molecular weight excluding hydrogens is 504 g/mol. The van der Waals surface area contributed by atoms with E-state index in [4.69, 9.17) is 9.47 Å². The number of ether oxygens (including phenoxy) is 2. The number of carbonyl (C=O) groups is 3.